The molecule has 0 spiro atoms. The molecule has 0 saturated heterocycles. The zero-order valence-electron chi connectivity index (χ0n) is 19.9. The SMILES string of the molecule is CCCCn1c(CN(Cc2ccc3c(c2)OCO3)Cc2ccc(C)s2)cnc1-c1ccccc1. The van der Waals surface area contributed by atoms with Gasteiger partial charge in [0.05, 0.1) is 11.9 Å². The van der Waals surface area contributed by atoms with Crippen LogP contribution in [0.4, 0.5) is 0 Å². The Bertz CT molecular complexity index is 1230. The van der Waals surface area contributed by atoms with Gasteiger partial charge in [0.1, 0.15) is 5.82 Å². The number of benzene rings is 2. The molecule has 0 N–H and O–H groups in total. The fourth-order valence-corrected chi connectivity index (χ4v) is 5.34. The van der Waals surface area contributed by atoms with Crippen LogP contribution in [0, 0.1) is 6.92 Å². The van der Waals surface area contributed by atoms with Crippen LogP contribution in [-0.4, -0.2) is 21.2 Å². The number of ether oxygens (including phenoxy) is 2. The Hall–Kier alpha value is -3.09. The van der Waals surface area contributed by atoms with E-state index in [0.717, 1.165) is 56.3 Å². The van der Waals surface area contributed by atoms with Crippen LogP contribution >= 0.6 is 11.3 Å². The van der Waals surface area contributed by atoms with Gasteiger partial charge in [0.2, 0.25) is 6.79 Å². The Morgan fingerprint density at radius 3 is 2.62 bits per heavy atom. The van der Waals surface area contributed by atoms with E-state index in [1.54, 1.807) is 0 Å². The average Bonchev–Trinajstić information content (AvgIpc) is 3.58. The molecule has 0 fully saturated rings. The number of hydrogen-bond donors (Lipinski definition) is 0. The highest BCUT2D eigenvalue weighted by Gasteiger charge is 2.18. The Balaban J connectivity index is 1.43. The third kappa shape index (κ3) is 5.18. The Labute approximate surface area is 205 Å². The van der Waals surface area contributed by atoms with Crippen LogP contribution < -0.4 is 9.47 Å². The van der Waals surface area contributed by atoms with Crippen molar-refractivity contribution in [3.63, 3.8) is 0 Å². The molecular formula is C28H31N3O2S. The zero-order chi connectivity index (χ0) is 23.3. The molecule has 5 nitrogen and oxygen atoms in total. The second-order valence-electron chi connectivity index (χ2n) is 8.79. The fourth-order valence-electron chi connectivity index (χ4n) is 4.41. The molecule has 1 aliphatic heterocycles. The van der Waals surface area contributed by atoms with Crippen LogP contribution in [-0.2, 0) is 26.2 Å². The highest BCUT2D eigenvalue weighted by molar-refractivity contribution is 7.11. The van der Waals surface area contributed by atoms with Gasteiger partial charge in [-0.25, -0.2) is 4.98 Å². The minimum atomic E-state index is 0.301. The van der Waals surface area contributed by atoms with E-state index in [1.807, 2.05) is 17.4 Å². The molecule has 4 aromatic rings. The van der Waals surface area contributed by atoms with E-state index in [9.17, 15) is 0 Å². The molecular weight excluding hydrogens is 442 g/mol. The number of nitrogens with zero attached hydrogens (tertiary/aromatic N) is 3. The van der Waals surface area contributed by atoms with Crippen molar-refractivity contribution in [3.8, 4) is 22.9 Å². The lowest BCUT2D eigenvalue weighted by molar-refractivity contribution is 0.174. The normalized spacial score (nSPS) is 12.6. The van der Waals surface area contributed by atoms with E-state index in [4.69, 9.17) is 14.5 Å². The molecule has 0 amide bonds. The zero-order valence-corrected chi connectivity index (χ0v) is 20.7. The van der Waals surface area contributed by atoms with Gasteiger partial charge in [-0.3, -0.25) is 4.90 Å². The molecule has 1 aliphatic rings. The van der Waals surface area contributed by atoms with Crippen LogP contribution in [0.2, 0.25) is 0 Å². The van der Waals surface area contributed by atoms with Crippen molar-refractivity contribution in [1.82, 2.24) is 14.5 Å². The summed E-state index contributed by atoms with van der Waals surface area (Å²) in [5.41, 5.74) is 3.64. The lowest BCUT2D eigenvalue weighted by Gasteiger charge is -2.23. The summed E-state index contributed by atoms with van der Waals surface area (Å²) in [6.45, 7) is 8.24. The smallest absolute Gasteiger partial charge is 0.231 e. The Morgan fingerprint density at radius 1 is 0.971 bits per heavy atom. The summed E-state index contributed by atoms with van der Waals surface area (Å²) in [7, 11) is 0. The van der Waals surface area contributed by atoms with Crippen LogP contribution in [0.15, 0.2) is 66.9 Å². The van der Waals surface area contributed by atoms with Gasteiger partial charge in [-0.05, 0) is 43.2 Å². The van der Waals surface area contributed by atoms with Gasteiger partial charge in [-0.15, -0.1) is 11.3 Å². The van der Waals surface area contributed by atoms with Crippen LogP contribution in [0.25, 0.3) is 11.4 Å². The summed E-state index contributed by atoms with van der Waals surface area (Å²) in [6, 6.07) is 21.2. The number of unbranched alkanes of at least 4 members (excludes halogenated alkanes) is 1. The molecule has 176 valence electrons. The molecule has 0 radical (unpaired) electrons. The molecule has 2 aromatic heterocycles. The van der Waals surface area contributed by atoms with Gasteiger partial charge in [-0.1, -0.05) is 49.7 Å². The number of rotatable bonds is 10. The fraction of sp³-hybridized carbons (Fsp3) is 0.321. The van der Waals surface area contributed by atoms with Crippen molar-refractivity contribution < 1.29 is 9.47 Å². The molecule has 6 heteroatoms. The predicted octanol–water partition coefficient (Wildman–Crippen LogP) is 6.65. The topological polar surface area (TPSA) is 39.5 Å². The van der Waals surface area contributed by atoms with Crippen LogP contribution in [0.3, 0.4) is 0 Å². The number of aromatic nitrogens is 2. The van der Waals surface area contributed by atoms with Gasteiger partial charge >= 0.3 is 0 Å². The van der Waals surface area contributed by atoms with Crippen LogP contribution in [0.1, 0.15) is 40.8 Å². The van der Waals surface area contributed by atoms with Crippen molar-refractivity contribution >= 4 is 11.3 Å². The Morgan fingerprint density at radius 2 is 1.82 bits per heavy atom. The largest absolute Gasteiger partial charge is 0.454 e. The van der Waals surface area contributed by atoms with Gasteiger partial charge in [0.15, 0.2) is 11.5 Å². The van der Waals surface area contributed by atoms with Crippen LogP contribution in [0.5, 0.6) is 11.5 Å². The predicted molar refractivity (Wildman–Crippen MR) is 137 cm³/mol. The summed E-state index contributed by atoms with van der Waals surface area (Å²) in [6.07, 6.45) is 4.35. The number of aryl methyl sites for hydroxylation is 1. The molecule has 0 atom stereocenters. The monoisotopic (exact) mass is 473 g/mol. The average molecular weight is 474 g/mol. The van der Waals surface area contributed by atoms with E-state index >= 15 is 0 Å². The minimum absolute atomic E-state index is 0.301. The van der Waals surface area contributed by atoms with Gasteiger partial charge < -0.3 is 14.0 Å². The molecule has 34 heavy (non-hydrogen) atoms. The molecule has 3 heterocycles. The third-order valence-electron chi connectivity index (χ3n) is 6.11. The maximum Gasteiger partial charge on any atom is 0.231 e. The highest BCUT2D eigenvalue weighted by atomic mass is 32.1. The van der Waals surface area contributed by atoms with Crippen molar-refractivity contribution in [2.24, 2.45) is 0 Å². The molecule has 0 aliphatic carbocycles. The first kappa shape index (κ1) is 22.7. The second kappa shape index (κ2) is 10.5. The first-order valence-electron chi connectivity index (χ1n) is 12.0. The molecule has 5 rings (SSSR count). The standard InChI is InChI=1S/C28H31N3O2S/c1-3-4-14-31-24(16-29-28(31)23-8-6-5-7-9-23)18-30(19-25-12-10-21(2)34-25)17-22-11-13-26-27(15-22)33-20-32-26/h5-13,15-16H,3-4,14,17-20H2,1-2H3. The molecule has 0 bridgehead atoms. The lowest BCUT2D eigenvalue weighted by Crippen LogP contribution is -2.23. The Kier molecular flexibility index (Phi) is 6.97. The highest BCUT2D eigenvalue weighted by Crippen LogP contribution is 2.33. The van der Waals surface area contributed by atoms with Gasteiger partial charge in [0, 0.05) is 41.5 Å². The second-order valence-corrected chi connectivity index (χ2v) is 10.2. The van der Waals surface area contributed by atoms with Gasteiger partial charge in [-0.2, -0.15) is 0 Å². The summed E-state index contributed by atoms with van der Waals surface area (Å²) < 4.78 is 13.5. The third-order valence-corrected chi connectivity index (χ3v) is 7.10. The number of hydrogen-bond acceptors (Lipinski definition) is 5. The van der Waals surface area contributed by atoms with E-state index in [2.05, 4.69) is 84.1 Å². The van der Waals surface area contributed by atoms with Crippen molar-refractivity contribution in [1.29, 1.82) is 0 Å². The molecule has 2 aromatic carbocycles. The molecule has 0 saturated carbocycles. The van der Waals surface area contributed by atoms with E-state index < -0.39 is 0 Å². The summed E-state index contributed by atoms with van der Waals surface area (Å²) in [4.78, 5) is 10.1. The van der Waals surface area contributed by atoms with E-state index in [1.165, 1.54) is 26.6 Å². The minimum Gasteiger partial charge on any atom is -0.454 e. The lowest BCUT2D eigenvalue weighted by atomic mass is 10.1. The summed E-state index contributed by atoms with van der Waals surface area (Å²) >= 11 is 1.87. The number of thiophene rings is 1. The maximum atomic E-state index is 5.62. The van der Waals surface area contributed by atoms with E-state index in [0.29, 0.717) is 6.79 Å². The summed E-state index contributed by atoms with van der Waals surface area (Å²) in [5.74, 6) is 2.72. The molecule has 0 unspecified atom stereocenters. The van der Waals surface area contributed by atoms with Crippen molar-refractivity contribution in [2.45, 2.75) is 52.9 Å². The first-order chi connectivity index (χ1) is 16.7. The number of fused-ring (bicyclic) bond motifs is 1. The quantitative estimate of drug-likeness (QED) is 0.258. The first-order valence-corrected chi connectivity index (χ1v) is 12.8. The number of imidazole rings is 1. The van der Waals surface area contributed by atoms with Gasteiger partial charge in [0.25, 0.3) is 0 Å². The van der Waals surface area contributed by atoms with E-state index in [-0.39, 0.29) is 0 Å². The maximum absolute atomic E-state index is 5.62. The van der Waals surface area contributed by atoms with Crippen molar-refractivity contribution in [2.75, 3.05) is 6.79 Å². The van der Waals surface area contributed by atoms with Crippen molar-refractivity contribution in [3.05, 3.63) is 87.9 Å². The summed E-state index contributed by atoms with van der Waals surface area (Å²) in [5, 5.41) is 0.